The number of nitrogens with one attached hydrogen (secondary N) is 1. The SMILES string of the molecule is COCCC(C)(C)CNC(COC)C(C)C. The van der Waals surface area contributed by atoms with Crippen molar-refractivity contribution < 1.29 is 9.47 Å². The van der Waals surface area contributed by atoms with E-state index in [4.69, 9.17) is 9.47 Å². The molecular formula is C13H29NO2. The molecule has 0 aliphatic heterocycles. The predicted octanol–water partition coefficient (Wildman–Crippen LogP) is 2.31. The van der Waals surface area contributed by atoms with Crippen LogP contribution in [0, 0.1) is 11.3 Å². The molecule has 0 aromatic heterocycles. The zero-order valence-electron chi connectivity index (χ0n) is 11.8. The van der Waals surface area contributed by atoms with Crippen LogP contribution in [0.3, 0.4) is 0 Å². The molecule has 3 heteroatoms. The maximum Gasteiger partial charge on any atom is 0.0618 e. The van der Waals surface area contributed by atoms with Gasteiger partial charge in [0.05, 0.1) is 6.61 Å². The average molecular weight is 231 g/mol. The van der Waals surface area contributed by atoms with E-state index in [1.54, 1.807) is 14.2 Å². The zero-order valence-corrected chi connectivity index (χ0v) is 11.8. The predicted molar refractivity (Wildman–Crippen MR) is 68.8 cm³/mol. The molecule has 0 aliphatic carbocycles. The summed E-state index contributed by atoms with van der Waals surface area (Å²) < 4.78 is 10.4. The van der Waals surface area contributed by atoms with Crippen LogP contribution in [0.2, 0.25) is 0 Å². The summed E-state index contributed by atoms with van der Waals surface area (Å²) in [6.07, 6.45) is 1.08. The molecule has 0 heterocycles. The van der Waals surface area contributed by atoms with E-state index in [2.05, 4.69) is 33.0 Å². The summed E-state index contributed by atoms with van der Waals surface area (Å²) in [5.74, 6) is 0.596. The third-order valence-electron chi connectivity index (χ3n) is 2.98. The van der Waals surface area contributed by atoms with Gasteiger partial charge in [-0.25, -0.2) is 0 Å². The fraction of sp³-hybridized carbons (Fsp3) is 1.00. The highest BCUT2D eigenvalue weighted by Gasteiger charge is 2.20. The lowest BCUT2D eigenvalue weighted by Crippen LogP contribution is -2.43. The van der Waals surface area contributed by atoms with Crippen molar-refractivity contribution in [3.63, 3.8) is 0 Å². The van der Waals surface area contributed by atoms with Crippen LogP contribution in [0.1, 0.15) is 34.1 Å². The van der Waals surface area contributed by atoms with Crippen molar-refractivity contribution in [1.29, 1.82) is 0 Å². The van der Waals surface area contributed by atoms with Crippen LogP contribution in [-0.2, 0) is 9.47 Å². The number of methoxy groups -OCH3 is 2. The van der Waals surface area contributed by atoms with Crippen molar-refractivity contribution >= 4 is 0 Å². The molecule has 16 heavy (non-hydrogen) atoms. The van der Waals surface area contributed by atoms with Gasteiger partial charge in [0.15, 0.2) is 0 Å². The van der Waals surface area contributed by atoms with Crippen molar-refractivity contribution in [2.45, 2.75) is 40.2 Å². The Balaban J connectivity index is 3.97. The number of ether oxygens (including phenoxy) is 2. The lowest BCUT2D eigenvalue weighted by atomic mass is 9.89. The van der Waals surface area contributed by atoms with Gasteiger partial charge in [0.1, 0.15) is 0 Å². The summed E-state index contributed by atoms with van der Waals surface area (Å²) in [5, 5.41) is 3.59. The Morgan fingerprint density at radius 3 is 2.19 bits per heavy atom. The number of hydrogen-bond donors (Lipinski definition) is 1. The van der Waals surface area contributed by atoms with Gasteiger partial charge in [0.25, 0.3) is 0 Å². The average Bonchev–Trinajstić information content (AvgIpc) is 2.21. The Morgan fingerprint density at radius 2 is 1.75 bits per heavy atom. The second-order valence-corrected chi connectivity index (χ2v) is 5.59. The van der Waals surface area contributed by atoms with Crippen LogP contribution < -0.4 is 5.32 Å². The molecule has 0 radical (unpaired) electrons. The molecule has 0 spiro atoms. The Morgan fingerprint density at radius 1 is 1.12 bits per heavy atom. The third-order valence-corrected chi connectivity index (χ3v) is 2.98. The lowest BCUT2D eigenvalue weighted by molar-refractivity contribution is 0.124. The summed E-state index contributed by atoms with van der Waals surface area (Å²) in [5.41, 5.74) is 0.275. The number of hydrogen-bond acceptors (Lipinski definition) is 3. The van der Waals surface area contributed by atoms with Gasteiger partial charge in [-0.05, 0) is 17.8 Å². The van der Waals surface area contributed by atoms with Crippen molar-refractivity contribution in [2.24, 2.45) is 11.3 Å². The van der Waals surface area contributed by atoms with E-state index < -0.39 is 0 Å². The molecule has 1 unspecified atom stereocenters. The first kappa shape index (κ1) is 15.9. The highest BCUT2D eigenvalue weighted by molar-refractivity contribution is 4.77. The minimum atomic E-state index is 0.275. The van der Waals surface area contributed by atoms with E-state index in [1.807, 2.05) is 0 Å². The second-order valence-electron chi connectivity index (χ2n) is 5.59. The quantitative estimate of drug-likeness (QED) is 0.660. The monoisotopic (exact) mass is 231 g/mol. The Kier molecular flexibility index (Phi) is 7.98. The summed E-state index contributed by atoms with van der Waals surface area (Å²) >= 11 is 0. The van der Waals surface area contributed by atoms with Gasteiger partial charge in [-0.3, -0.25) is 0 Å². The van der Waals surface area contributed by atoms with E-state index in [9.17, 15) is 0 Å². The van der Waals surface area contributed by atoms with Gasteiger partial charge in [0, 0.05) is 33.4 Å². The molecule has 3 nitrogen and oxygen atoms in total. The summed E-state index contributed by atoms with van der Waals surface area (Å²) in [4.78, 5) is 0. The summed E-state index contributed by atoms with van der Waals surface area (Å²) in [6.45, 7) is 11.6. The fourth-order valence-corrected chi connectivity index (χ4v) is 1.54. The first-order valence-corrected chi connectivity index (χ1v) is 6.14. The van der Waals surface area contributed by atoms with E-state index in [0.29, 0.717) is 12.0 Å². The van der Waals surface area contributed by atoms with Crippen molar-refractivity contribution in [1.82, 2.24) is 5.32 Å². The van der Waals surface area contributed by atoms with Crippen LogP contribution in [0.25, 0.3) is 0 Å². The smallest absolute Gasteiger partial charge is 0.0618 e. The van der Waals surface area contributed by atoms with Crippen LogP contribution in [-0.4, -0.2) is 40.0 Å². The normalized spacial score (nSPS) is 14.4. The largest absolute Gasteiger partial charge is 0.385 e. The van der Waals surface area contributed by atoms with Gasteiger partial charge >= 0.3 is 0 Å². The van der Waals surface area contributed by atoms with Crippen molar-refractivity contribution in [3.8, 4) is 0 Å². The molecule has 0 saturated heterocycles. The fourth-order valence-electron chi connectivity index (χ4n) is 1.54. The van der Waals surface area contributed by atoms with Gasteiger partial charge in [-0.2, -0.15) is 0 Å². The molecule has 1 atom stereocenters. The van der Waals surface area contributed by atoms with Crippen LogP contribution in [0.4, 0.5) is 0 Å². The summed E-state index contributed by atoms with van der Waals surface area (Å²) in [7, 11) is 3.51. The Hall–Kier alpha value is -0.120. The molecule has 0 rings (SSSR count). The van der Waals surface area contributed by atoms with E-state index >= 15 is 0 Å². The van der Waals surface area contributed by atoms with Gasteiger partial charge in [0.2, 0.25) is 0 Å². The van der Waals surface area contributed by atoms with Crippen LogP contribution in [0.5, 0.6) is 0 Å². The van der Waals surface area contributed by atoms with Crippen LogP contribution in [0.15, 0.2) is 0 Å². The number of rotatable bonds is 9. The minimum Gasteiger partial charge on any atom is -0.385 e. The highest BCUT2D eigenvalue weighted by atomic mass is 16.5. The topological polar surface area (TPSA) is 30.5 Å². The van der Waals surface area contributed by atoms with E-state index in [0.717, 1.165) is 26.2 Å². The highest BCUT2D eigenvalue weighted by Crippen LogP contribution is 2.19. The molecule has 1 N–H and O–H groups in total. The maximum absolute atomic E-state index is 5.22. The lowest BCUT2D eigenvalue weighted by Gasteiger charge is -2.29. The molecule has 0 bridgehead atoms. The molecule has 0 amide bonds. The van der Waals surface area contributed by atoms with E-state index in [1.165, 1.54) is 0 Å². The van der Waals surface area contributed by atoms with Crippen molar-refractivity contribution in [2.75, 3.05) is 34.0 Å². The van der Waals surface area contributed by atoms with Gasteiger partial charge in [-0.15, -0.1) is 0 Å². The van der Waals surface area contributed by atoms with Crippen LogP contribution >= 0.6 is 0 Å². The standard InChI is InChI=1S/C13H29NO2/c1-11(2)12(9-16-6)14-10-13(3,4)7-8-15-5/h11-12,14H,7-10H2,1-6H3. The molecule has 0 aromatic rings. The zero-order chi connectivity index (χ0) is 12.6. The first-order valence-electron chi connectivity index (χ1n) is 6.14. The first-order chi connectivity index (χ1) is 7.43. The van der Waals surface area contributed by atoms with Gasteiger partial charge in [-0.1, -0.05) is 27.7 Å². The Labute approximate surface area is 101 Å². The Bertz CT molecular complexity index is 169. The molecule has 98 valence electrons. The second kappa shape index (κ2) is 8.04. The summed E-state index contributed by atoms with van der Waals surface area (Å²) in [6, 6.07) is 0.437. The van der Waals surface area contributed by atoms with E-state index in [-0.39, 0.29) is 5.41 Å². The third kappa shape index (κ3) is 7.20. The van der Waals surface area contributed by atoms with Gasteiger partial charge < -0.3 is 14.8 Å². The molecule has 0 fully saturated rings. The van der Waals surface area contributed by atoms with Crippen molar-refractivity contribution in [3.05, 3.63) is 0 Å². The molecule has 0 aromatic carbocycles. The molecular weight excluding hydrogens is 202 g/mol. The minimum absolute atomic E-state index is 0.275. The molecule has 0 saturated carbocycles. The maximum atomic E-state index is 5.22. The molecule has 0 aliphatic rings.